The molecule has 1 unspecified atom stereocenters. The van der Waals surface area contributed by atoms with Gasteiger partial charge in [0, 0.05) is 16.0 Å². The van der Waals surface area contributed by atoms with Crippen molar-refractivity contribution in [3.8, 4) is 0 Å². The summed E-state index contributed by atoms with van der Waals surface area (Å²) in [6, 6.07) is 19.1. The number of thioether (sulfide) groups is 1. The monoisotopic (exact) mass is 480 g/mol. The molecule has 1 aliphatic heterocycles. The predicted molar refractivity (Wildman–Crippen MR) is 126 cm³/mol. The molecule has 0 saturated carbocycles. The molecule has 1 heterocycles. The lowest BCUT2D eigenvalue weighted by Crippen LogP contribution is -2.55. The molecule has 0 aliphatic carbocycles. The minimum absolute atomic E-state index is 0.0591. The third-order valence-electron chi connectivity index (χ3n) is 5.26. The van der Waals surface area contributed by atoms with Gasteiger partial charge >= 0.3 is 0 Å². The summed E-state index contributed by atoms with van der Waals surface area (Å²) in [6.07, 6.45) is 1.85. The third-order valence-corrected chi connectivity index (χ3v) is 7.93. The number of nitrogens with one attached hydrogen (secondary N) is 1. The van der Waals surface area contributed by atoms with Crippen molar-refractivity contribution in [1.29, 1.82) is 0 Å². The maximum atomic E-state index is 13.4. The minimum atomic E-state index is -4.30. The van der Waals surface area contributed by atoms with Crippen molar-refractivity contribution in [3.63, 3.8) is 0 Å². The fourth-order valence-corrected chi connectivity index (χ4v) is 5.96. The van der Waals surface area contributed by atoms with Crippen LogP contribution in [0.15, 0.2) is 88.7 Å². The Morgan fingerprint density at radius 3 is 2.30 bits per heavy atom. The molecule has 0 fully saturated rings. The van der Waals surface area contributed by atoms with Crippen LogP contribution in [0.4, 0.5) is 5.69 Å². The molecule has 4 rings (SSSR count). The van der Waals surface area contributed by atoms with Crippen LogP contribution < -0.4 is 5.32 Å². The number of hydrogen-bond acceptors (Lipinski definition) is 6. The highest BCUT2D eigenvalue weighted by Gasteiger charge is 2.48. The summed E-state index contributed by atoms with van der Waals surface area (Å²) in [5, 5.41) is 2.70. The molecule has 0 saturated heterocycles. The van der Waals surface area contributed by atoms with Gasteiger partial charge in [-0.15, -0.1) is 11.8 Å². The van der Waals surface area contributed by atoms with Crippen molar-refractivity contribution in [3.05, 3.63) is 90.0 Å². The van der Waals surface area contributed by atoms with Crippen LogP contribution in [0.1, 0.15) is 20.7 Å². The van der Waals surface area contributed by atoms with Crippen LogP contribution >= 0.6 is 11.8 Å². The number of carbonyl (C=O) groups is 3. The van der Waals surface area contributed by atoms with Crippen LogP contribution in [0.25, 0.3) is 0 Å². The van der Waals surface area contributed by atoms with Crippen molar-refractivity contribution in [2.24, 2.45) is 0 Å². The van der Waals surface area contributed by atoms with Crippen LogP contribution in [0.3, 0.4) is 0 Å². The van der Waals surface area contributed by atoms with Gasteiger partial charge in [-0.25, -0.2) is 8.42 Å². The first-order chi connectivity index (χ1) is 15.8. The van der Waals surface area contributed by atoms with Gasteiger partial charge in [0.15, 0.2) is 17.6 Å². The molecule has 0 radical (unpaired) electrons. The third kappa shape index (κ3) is 4.35. The summed E-state index contributed by atoms with van der Waals surface area (Å²) in [6.45, 7) is -0.686. The lowest BCUT2D eigenvalue weighted by Gasteiger charge is -2.33. The fourth-order valence-electron chi connectivity index (χ4n) is 3.70. The predicted octanol–water partition coefficient (Wildman–Crippen LogP) is 3.49. The van der Waals surface area contributed by atoms with Crippen molar-refractivity contribution >= 4 is 44.9 Å². The van der Waals surface area contributed by atoms with Gasteiger partial charge in [-0.2, -0.15) is 4.31 Å². The highest BCUT2D eigenvalue weighted by Crippen LogP contribution is 2.32. The smallest absolute Gasteiger partial charge is 0.245 e. The van der Waals surface area contributed by atoms with Gasteiger partial charge in [-0.3, -0.25) is 14.4 Å². The van der Waals surface area contributed by atoms with Crippen LogP contribution in [0.2, 0.25) is 0 Å². The van der Waals surface area contributed by atoms with E-state index in [0.29, 0.717) is 9.99 Å². The molecule has 7 nitrogen and oxygen atoms in total. The first kappa shape index (κ1) is 22.9. The number of hydrogen-bond donors (Lipinski definition) is 1. The lowest BCUT2D eigenvalue weighted by atomic mass is 9.96. The van der Waals surface area contributed by atoms with E-state index >= 15 is 0 Å². The van der Waals surface area contributed by atoms with Crippen LogP contribution in [-0.2, 0) is 14.8 Å². The average molecular weight is 481 g/mol. The van der Waals surface area contributed by atoms with Gasteiger partial charge < -0.3 is 5.32 Å². The summed E-state index contributed by atoms with van der Waals surface area (Å²) in [5.41, 5.74) is 0.641. The number of fused-ring (bicyclic) bond motifs is 1. The van der Waals surface area contributed by atoms with E-state index < -0.39 is 40.1 Å². The molecule has 9 heteroatoms. The molecule has 1 atom stereocenters. The second-order valence-electron chi connectivity index (χ2n) is 7.29. The summed E-state index contributed by atoms with van der Waals surface area (Å²) in [7, 11) is -4.30. The molecule has 3 aromatic carbocycles. The van der Waals surface area contributed by atoms with Crippen LogP contribution in [-0.4, -0.2) is 49.0 Å². The maximum absolute atomic E-state index is 13.4. The molecule has 1 aliphatic rings. The second-order valence-corrected chi connectivity index (χ2v) is 10.00. The van der Waals surface area contributed by atoms with Crippen molar-refractivity contribution in [2.75, 3.05) is 18.1 Å². The molecule has 1 N–H and O–H groups in total. The minimum Gasteiger partial charge on any atom is -0.324 e. The number of ketones is 2. The lowest BCUT2D eigenvalue weighted by molar-refractivity contribution is -0.116. The normalized spacial score (nSPS) is 17.2. The highest BCUT2D eigenvalue weighted by atomic mass is 32.2. The number of amides is 1. The first-order valence-corrected chi connectivity index (χ1v) is 12.7. The van der Waals surface area contributed by atoms with E-state index in [9.17, 15) is 22.8 Å². The van der Waals surface area contributed by atoms with Crippen molar-refractivity contribution in [2.45, 2.75) is 15.8 Å². The van der Waals surface area contributed by atoms with Gasteiger partial charge in [0.2, 0.25) is 15.9 Å². The summed E-state index contributed by atoms with van der Waals surface area (Å²) < 4.78 is 27.6. The van der Waals surface area contributed by atoms with Gasteiger partial charge in [0.25, 0.3) is 0 Å². The van der Waals surface area contributed by atoms with E-state index in [1.54, 1.807) is 30.3 Å². The molecule has 168 valence electrons. The van der Waals surface area contributed by atoms with Crippen LogP contribution in [0, 0.1) is 0 Å². The Balaban J connectivity index is 1.74. The zero-order valence-electron chi connectivity index (χ0n) is 17.6. The Labute approximate surface area is 195 Å². The van der Waals surface area contributed by atoms with Gasteiger partial charge in [0.05, 0.1) is 17.1 Å². The number of rotatable bonds is 6. The number of benzene rings is 3. The number of para-hydroxylation sites is 1. The van der Waals surface area contributed by atoms with Crippen molar-refractivity contribution < 1.29 is 22.8 Å². The number of anilines is 1. The van der Waals surface area contributed by atoms with E-state index in [1.807, 2.05) is 18.4 Å². The Morgan fingerprint density at radius 2 is 1.58 bits per heavy atom. The zero-order chi connectivity index (χ0) is 23.6. The summed E-state index contributed by atoms with van der Waals surface area (Å²) in [5.74, 6) is -2.00. The number of sulfonamides is 1. The van der Waals surface area contributed by atoms with E-state index in [-0.39, 0.29) is 16.0 Å². The maximum Gasteiger partial charge on any atom is 0.245 e. The SMILES string of the molecule is CSc1ccccc1NC(=O)CN1C(C(=O)c2ccccc2)C(=O)c2ccccc2S1(=O)=O. The van der Waals surface area contributed by atoms with E-state index in [4.69, 9.17) is 0 Å². The Hall–Kier alpha value is -3.27. The Bertz CT molecular complexity index is 1340. The highest BCUT2D eigenvalue weighted by molar-refractivity contribution is 7.98. The summed E-state index contributed by atoms with van der Waals surface area (Å²) in [4.78, 5) is 40.1. The van der Waals surface area contributed by atoms with E-state index in [0.717, 1.165) is 4.90 Å². The first-order valence-electron chi connectivity index (χ1n) is 10.0. The molecular formula is C24H20N2O5S2. The summed E-state index contributed by atoms with van der Waals surface area (Å²) >= 11 is 1.42. The fraction of sp³-hybridized carbons (Fsp3) is 0.125. The van der Waals surface area contributed by atoms with Gasteiger partial charge in [-0.1, -0.05) is 54.6 Å². The van der Waals surface area contributed by atoms with E-state index in [1.165, 1.54) is 48.2 Å². The van der Waals surface area contributed by atoms with Gasteiger partial charge in [0.1, 0.15) is 0 Å². The molecule has 1 amide bonds. The number of carbonyl (C=O) groups excluding carboxylic acids is 3. The van der Waals surface area contributed by atoms with Crippen LogP contribution in [0.5, 0.6) is 0 Å². The molecule has 0 spiro atoms. The average Bonchev–Trinajstić information content (AvgIpc) is 2.83. The molecule has 3 aromatic rings. The molecule has 0 bridgehead atoms. The Kier molecular flexibility index (Phi) is 6.46. The topological polar surface area (TPSA) is 101 Å². The van der Waals surface area contributed by atoms with E-state index in [2.05, 4.69) is 5.32 Å². The largest absolute Gasteiger partial charge is 0.324 e. The molecule has 0 aromatic heterocycles. The van der Waals surface area contributed by atoms with Gasteiger partial charge in [-0.05, 0) is 30.5 Å². The number of nitrogens with zero attached hydrogens (tertiary/aromatic N) is 1. The quantitative estimate of drug-likeness (QED) is 0.329. The Morgan fingerprint density at radius 1 is 0.939 bits per heavy atom. The van der Waals surface area contributed by atoms with Crippen molar-refractivity contribution in [1.82, 2.24) is 4.31 Å². The standard InChI is InChI=1S/C24H20N2O5S2/c1-32-19-13-7-6-12-18(19)25-21(27)15-26-22(23(28)16-9-3-2-4-10-16)24(29)17-11-5-8-14-20(17)33(26,30)31/h2-14,22H,15H2,1H3,(H,25,27). The molecular weight excluding hydrogens is 460 g/mol. The zero-order valence-corrected chi connectivity index (χ0v) is 19.2. The molecule has 33 heavy (non-hydrogen) atoms. The number of Topliss-reactive ketones (excluding diaryl/α,β-unsaturated/α-hetero) is 2. The second kappa shape index (κ2) is 9.30.